The number of carbonyl (C=O) groups is 2. The van der Waals surface area contributed by atoms with Gasteiger partial charge in [0.15, 0.2) is 11.6 Å². The molecule has 0 aliphatic carbocycles. The summed E-state index contributed by atoms with van der Waals surface area (Å²) in [4.78, 5) is 28.5. The predicted molar refractivity (Wildman–Crippen MR) is 135 cm³/mol. The second kappa shape index (κ2) is 10.2. The molecule has 0 unspecified atom stereocenters. The van der Waals surface area contributed by atoms with Gasteiger partial charge in [-0.2, -0.15) is 0 Å². The van der Waals surface area contributed by atoms with Crippen molar-refractivity contribution in [3.05, 3.63) is 95.3 Å². The number of nitrogens with zero attached hydrogens (tertiary/aromatic N) is 1. The molecule has 0 saturated carbocycles. The number of hydrogen-bond acceptors (Lipinski definition) is 4. The number of likely N-dealkylation sites (tertiary alicyclic amines) is 1. The van der Waals surface area contributed by atoms with Crippen LogP contribution >= 0.6 is 17.0 Å². The zero-order valence-corrected chi connectivity index (χ0v) is 20.5. The molecule has 3 aromatic rings. The van der Waals surface area contributed by atoms with Crippen molar-refractivity contribution in [2.24, 2.45) is 0 Å². The largest absolute Gasteiger partial charge is 0.456 e. The molecule has 2 heterocycles. The maximum absolute atomic E-state index is 13.8. The van der Waals surface area contributed by atoms with Crippen LogP contribution in [-0.4, -0.2) is 36.1 Å². The number of piperidine rings is 1. The molecule has 1 saturated heterocycles. The average molecular weight is 524 g/mol. The molecule has 0 atom stereocenters. The normalized spacial score (nSPS) is 16.6. The van der Waals surface area contributed by atoms with E-state index in [-0.39, 0.29) is 34.4 Å². The number of benzene rings is 3. The first kappa shape index (κ1) is 24.3. The average Bonchev–Trinajstić information content (AvgIpc) is 2.94. The Bertz CT molecular complexity index is 1190. The minimum atomic E-state index is -0.594. The Balaban J connectivity index is 0.00000274. The summed E-state index contributed by atoms with van der Waals surface area (Å²) in [5, 5.41) is 0. The van der Waals surface area contributed by atoms with Crippen LogP contribution in [0.15, 0.2) is 72.8 Å². The first-order valence-corrected chi connectivity index (χ1v) is 11.5. The van der Waals surface area contributed by atoms with E-state index < -0.39 is 5.41 Å². The number of carbonyl (C=O) groups excluding carboxylic acids is 2. The molecule has 0 bridgehead atoms. The van der Waals surface area contributed by atoms with Crippen LogP contribution in [0.2, 0.25) is 0 Å². The summed E-state index contributed by atoms with van der Waals surface area (Å²) in [7, 11) is 0. The van der Waals surface area contributed by atoms with E-state index in [1.165, 1.54) is 24.3 Å². The van der Waals surface area contributed by atoms with E-state index >= 15 is 0 Å². The lowest BCUT2D eigenvalue weighted by atomic mass is 9.68. The van der Waals surface area contributed by atoms with Crippen LogP contribution in [0, 0.1) is 5.82 Å². The van der Waals surface area contributed by atoms with Crippen molar-refractivity contribution in [2.75, 3.05) is 19.6 Å². The van der Waals surface area contributed by atoms with Crippen LogP contribution in [0.3, 0.4) is 0 Å². The molecule has 3 aromatic carbocycles. The van der Waals surface area contributed by atoms with Crippen molar-refractivity contribution in [3.8, 4) is 11.5 Å². The van der Waals surface area contributed by atoms with E-state index in [4.69, 9.17) is 4.74 Å². The first-order chi connectivity index (χ1) is 16.1. The zero-order chi connectivity index (χ0) is 22.8. The van der Waals surface area contributed by atoms with Crippen molar-refractivity contribution in [2.45, 2.75) is 31.1 Å². The second-order valence-electron chi connectivity index (χ2n) is 8.88. The van der Waals surface area contributed by atoms with E-state index in [1.54, 1.807) is 0 Å². The standard InChI is InChI=1S/C28H26FNO3.BrH/c29-21-13-11-20(12-14-21)24(31)8-5-17-30-18-15-28(16-19-30)23-7-2-4-10-26(23)33-25-9-3-1-6-22(25)27(28)32;/h1-4,6-7,9-14H,5,8,15-19H2;1H. The first-order valence-electron chi connectivity index (χ1n) is 11.5. The molecule has 4 nitrogen and oxygen atoms in total. The predicted octanol–water partition coefficient (Wildman–Crippen LogP) is 6.39. The van der Waals surface area contributed by atoms with Gasteiger partial charge in [0.1, 0.15) is 17.3 Å². The summed E-state index contributed by atoms with van der Waals surface area (Å²) in [6.07, 6.45) is 2.59. The molecule has 2 aliphatic heterocycles. The number of hydrogen-bond donors (Lipinski definition) is 0. The Kier molecular flexibility index (Phi) is 7.29. The van der Waals surface area contributed by atoms with Crippen LogP contribution in [0.5, 0.6) is 11.5 Å². The second-order valence-corrected chi connectivity index (χ2v) is 8.88. The lowest BCUT2D eigenvalue weighted by Gasteiger charge is -2.40. The van der Waals surface area contributed by atoms with Gasteiger partial charge in [-0.05, 0) is 81.4 Å². The van der Waals surface area contributed by atoms with Crippen molar-refractivity contribution >= 4 is 28.5 Å². The Labute approximate surface area is 209 Å². The molecule has 176 valence electrons. The third kappa shape index (κ3) is 4.57. The Morgan fingerprint density at radius 3 is 2.29 bits per heavy atom. The summed E-state index contributed by atoms with van der Waals surface area (Å²) in [5.74, 6) is 1.21. The SMILES string of the molecule is Br.O=C(CCCN1CCC2(CC1)C(=O)c1ccccc1Oc1ccccc12)c1ccc(F)cc1. The summed E-state index contributed by atoms with van der Waals surface area (Å²) in [5.41, 5.74) is 1.57. The number of ketones is 2. The minimum absolute atomic E-state index is 0. The molecular formula is C28H27BrFNO3. The Morgan fingerprint density at radius 1 is 0.912 bits per heavy atom. The Morgan fingerprint density at radius 2 is 1.56 bits per heavy atom. The Hall–Kier alpha value is -2.83. The van der Waals surface area contributed by atoms with Gasteiger partial charge >= 0.3 is 0 Å². The molecular weight excluding hydrogens is 497 g/mol. The third-order valence-corrected chi connectivity index (χ3v) is 6.94. The molecule has 0 N–H and O–H groups in total. The maximum Gasteiger partial charge on any atom is 0.177 e. The fourth-order valence-corrected chi connectivity index (χ4v) is 5.09. The molecule has 0 radical (unpaired) electrons. The number of Topliss-reactive ketones (excluding diaryl/α,β-unsaturated/α-hetero) is 2. The van der Waals surface area contributed by atoms with Gasteiger partial charge in [-0.3, -0.25) is 9.59 Å². The van der Waals surface area contributed by atoms with E-state index in [9.17, 15) is 14.0 Å². The highest BCUT2D eigenvalue weighted by molar-refractivity contribution is 8.93. The summed E-state index contributed by atoms with van der Waals surface area (Å²) in [6, 6.07) is 21.1. The fourth-order valence-electron chi connectivity index (χ4n) is 5.09. The monoisotopic (exact) mass is 523 g/mol. The summed E-state index contributed by atoms with van der Waals surface area (Å²) >= 11 is 0. The highest BCUT2D eigenvalue weighted by Crippen LogP contribution is 2.47. The van der Waals surface area contributed by atoms with Gasteiger partial charge in [-0.15, -0.1) is 17.0 Å². The van der Waals surface area contributed by atoms with Crippen LogP contribution in [0.4, 0.5) is 4.39 Å². The van der Waals surface area contributed by atoms with Crippen molar-refractivity contribution in [1.82, 2.24) is 4.90 Å². The zero-order valence-electron chi connectivity index (χ0n) is 18.8. The van der Waals surface area contributed by atoms with E-state index in [0.29, 0.717) is 36.1 Å². The fraction of sp³-hybridized carbons (Fsp3) is 0.286. The molecule has 2 aliphatic rings. The lowest BCUT2D eigenvalue weighted by molar-refractivity contribution is 0.0770. The quantitative estimate of drug-likeness (QED) is 0.363. The number of fused-ring (bicyclic) bond motifs is 3. The molecule has 6 heteroatoms. The van der Waals surface area contributed by atoms with Crippen molar-refractivity contribution in [1.29, 1.82) is 0 Å². The van der Waals surface area contributed by atoms with E-state index in [0.717, 1.165) is 37.4 Å². The van der Waals surface area contributed by atoms with Crippen molar-refractivity contribution < 1.29 is 18.7 Å². The molecule has 5 rings (SSSR count). The molecule has 1 fully saturated rings. The van der Waals surface area contributed by atoms with Gasteiger partial charge in [0.2, 0.25) is 0 Å². The summed E-state index contributed by atoms with van der Waals surface area (Å²) in [6.45, 7) is 2.37. The smallest absolute Gasteiger partial charge is 0.177 e. The van der Waals surface area contributed by atoms with Crippen LogP contribution in [-0.2, 0) is 5.41 Å². The topological polar surface area (TPSA) is 46.6 Å². The summed E-state index contributed by atoms with van der Waals surface area (Å²) < 4.78 is 19.2. The number of halogens is 2. The van der Waals surface area contributed by atoms with Gasteiger partial charge in [0.05, 0.1) is 11.0 Å². The van der Waals surface area contributed by atoms with Crippen molar-refractivity contribution in [3.63, 3.8) is 0 Å². The molecule has 0 aromatic heterocycles. The molecule has 1 spiro atoms. The minimum Gasteiger partial charge on any atom is -0.456 e. The van der Waals surface area contributed by atoms with E-state index in [2.05, 4.69) is 4.90 Å². The van der Waals surface area contributed by atoms with Gasteiger partial charge in [-0.25, -0.2) is 4.39 Å². The van der Waals surface area contributed by atoms with Gasteiger partial charge < -0.3 is 9.64 Å². The molecule has 34 heavy (non-hydrogen) atoms. The van der Waals surface area contributed by atoms with E-state index in [1.807, 2.05) is 48.5 Å². The maximum atomic E-state index is 13.8. The van der Waals surface area contributed by atoms with Crippen LogP contribution in [0.1, 0.15) is 52.0 Å². The van der Waals surface area contributed by atoms with Gasteiger partial charge in [0, 0.05) is 17.5 Å². The number of rotatable bonds is 5. The molecule has 0 amide bonds. The highest BCUT2D eigenvalue weighted by atomic mass is 79.9. The number of para-hydroxylation sites is 2. The lowest BCUT2D eigenvalue weighted by Crippen LogP contribution is -2.47. The van der Waals surface area contributed by atoms with Crippen LogP contribution in [0.25, 0.3) is 0 Å². The van der Waals surface area contributed by atoms with Gasteiger partial charge in [0.25, 0.3) is 0 Å². The number of ether oxygens (including phenoxy) is 1. The third-order valence-electron chi connectivity index (χ3n) is 6.94. The highest BCUT2D eigenvalue weighted by Gasteiger charge is 2.47. The van der Waals surface area contributed by atoms with Crippen LogP contribution < -0.4 is 4.74 Å². The van der Waals surface area contributed by atoms with Gasteiger partial charge in [-0.1, -0.05) is 30.3 Å².